The molecular formula is C18H18ClN3O2S. The molecule has 1 aliphatic rings. The zero-order chi connectivity index (χ0) is 17.8. The van der Waals surface area contributed by atoms with Gasteiger partial charge in [0.05, 0.1) is 5.56 Å². The molecule has 2 aromatic rings. The highest BCUT2D eigenvalue weighted by Gasteiger charge is 2.24. The third-order valence-electron chi connectivity index (χ3n) is 4.13. The number of carbonyl (C=O) groups excluding carboxylic acids is 1. The highest BCUT2D eigenvalue weighted by atomic mass is 35.5. The molecule has 2 heterocycles. The minimum Gasteiger partial charge on any atom is -0.484 e. The van der Waals surface area contributed by atoms with Crippen LogP contribution in [-0.4, -0.2) is 30.5 Å². The lowest BCUT2D eigenvalue weighted by Gasteiger charge is -2.24. The van der Waals surface area contributed by atoms with Gasteiger partial charge in [0.1, 0.15) is 16.8 Å². The maximum absolute atomic E-state index is 12.2. The van der Waals surface area contributed by atoms with Crippen molar-refractivity contribution in [3.63, 3.8) is 0 Å². The summed E-state index contributed by atoms with van der Waals surface area (Å²) in [5.41, 5.74) is 1.67. The normalized spacial score (nSPS) is 13.8. The first-order valence-electron chi connectivity index (χ1n) is 8.06. The number of fused-ring (bicyclic) bond motifs is 1. The first-order chi connectivity index (χ1) is 12.1. The number of nitrogens with one attached hydrogen (secondary N) is 1. The number of anilines is 1. The van der Waals surface area contributed by atoms with Gasteiger partial charge in [-0.25, -0.2) is 0 Å². The van der Waals surface area contributed by atoms with Crippen LogP contribution in [-0.2, 0) is 17.8 Å². The molecule has 1 aromatic carbocycles. The summed E-state index contributed by atoms with van der Waals surface area (Å²) in [6, 6.07) is 9.07. The van der Waals surface area contributed by atoms with Crippen molar-refractivity contribution in [1.82, 2.24) is 4.90 Å². The van der Waals surface area contributed by atoms with E-state index in [1.807, 2.05) is 0 Å². The predicted molar refractivity (Wildman–Crippen MR) is 99.3 cm³/mol. The molecule has 0 unspecified atom stereocenters. The van der Waals surface area contributed by atoms with Crippen molar-refractivity contribution >= 4 is 33.8 Å². The van der Waals surface area contributed by atoms with E-state index in [0.717, 1.165) is 31.6 Å². The maximum Gasteiger partial charge on any atom is 0.262 e. The lowest BCUT2D eigenvalue weighted by atomic mass is 10.0. The van der Waals surface area contributed by atoms with Crippen LogP contribution in [0, 0.1) is 11.3 Å². The Balaban J connectivity index is 1.66. The third kappa shape index (κ3) is 4.13. The predicted octanol–water partition coefficient (Wildman–Crippen LogP) is 3.67. The number of amides is 1. The smallest absolute Gasteiger partial charge is 0.262 e. The molecule has 0 saturated heterocycles. The Morgan fingerprint density at radius 1 is 1.44 bits per heavy atom. The van der Waals surface area contributed by atoms with Crippen LogP contribution in [0.2, 0.25) is 5.02 Å². The number of benzene rings is 1. The monoisotopic (exact) mass is 375 g/mol. The number of nitriles is 1. The summed E-state index contributed by atoms with van der Waals surface area (Å²) >= 11 is 7.31. The van der Waals surface area contributed by atoms with Crippen LogP contribution < -0.4 is 10.1 Å². The van der Waals surface area contributed by atoms with E-state index < -0.39 is 0 Å². The van der Waals surface area contributed by atoms with Gasteiger partial charge in [-0.1, -0.05) is 18.5 Å². The topological polar surface area (TPSA) is 65.4 Å². The van der Waals surface area contributed by atoms with Crippen molar-refractivity contribution in [2.45, 2.75) is 19.9 Å². The largest absolute Gasteiger partial charge is 0.484 e. The van der Waals surface area contributed by atoms with Crippen LogP contribution in [0.4, 0.5) is 5.00 Å². The fourth-order valence-electron chi connectivity index (χ4n) is 2.78. The summed E-state index contributed by atoms with van der Waals surface area (Å²) in [7, 11) is 0. The molecule has 0 saturated carbocycles. The Kier molecular flexibility index (Phi) is 5.59. The van der Waals surface area contributed by atoms with Gasteiger partial charge in [-0.15, -0.1) is 11.3 Å². The Hall–Kier alpha value is -2.07. The first-order valence-corrected chi connectivity index (χ1v) is 9.25. The Bertz CT molecular complexity index is 811. The van der Waals surface area contributed by atoms with Gasteiger partial charge in [0.15, 0.2) is 6.61 Å². The quantitative estimate of drug-likeness (QED) is 0.865. The molecule has 1 aromatic heterocycles. The number of ether oxygens (including phenoxy) is 1. The van der Waals surface area contributed by atoms with Gasteiger partial charge in [0.2, 0.25) is 0 Å². The molecule has 0 aliphatic carbocycles. The van der Waals surface area contributed by atoms with Crippen molar-refractivity contribution in [2.24, 2.45) is 0 Å². The lowest BCUT2D eigenvalue weighted by Crippen LogP contribution is -2.29. The molecule has 0 spiro atoms. The van der Waals surface area contributed by atoms with Crippen LogP contribution >= 0.6 is 22.9 Å². The molecule has 130 valence electrons. The second-order valence-corrected chi connectivity index (χ2v) is 7.27. The van der Waals surface area contributed by atoms with Crippen molar-refractivity contribution in [1.29, 1.82) is 5.26 Å². The summed E-state index contributed by atoms with van der Waals surface area (Å²) in [4.78, 5) is 15.7. The van der Waals surface area contributed by atoms with Crippen LogP contribution in [0.5, 0.6) is 5.75 Å². The molecule has 0 atom stereocenters. The number of nitrogens with zero attached hydrogens (tertiary/aromatic N) is 2. The fraction of sp³-hybridized carbons (Fsp3) is 0.333. The Morgan fingerprint density at radius 3 is 2.88 bits per heavy atom. The minimum atomic E-state index is -0.280. The number of hydrogen-bond donors (Lipinski definition) is 1. The van der Waals surface area contributed by atoms with Crippen LogP contribution in [0.3, 0.4) is 0 Å². The van der Waals surface area contributed by atoms with Crippen LogP contribution in [0.15, 0.2) is 24.3 Å². The number of hydrogen-bond acceptors (Lipinski definition) is 5. The lowest BCUT2D eigenvalue weighted by molar-refractivity contribution is -0.118. The van der Waals surface area contributed by atoms with Gasteiger partial charge in [-0.05, 0) is 42.8 Å². The van der Waals surface area contributed by atoms with E-state index in [0.29, 0.717) is 21.3 Å². The second kappa shape index (κ2) is 7.87. The number of rotatable bonds is 5. The molecule has 5 nitrogen and oxygen atoms in total. The van der Waals surface area contributed by atoms with Gasteiger partial charge in [0, 0.05) is 23.0 Å². The molecular weight excluding hydrogens is 358 g/mol. The van der Waals surface area contributed by atoms with E-state index in [-0.39, 0.29) is 12.5 Å². The van der Waals surface area contributed by atoms with E-state index in [9.17, 15) is 10.1 Å². The zero-order valence-electron chi connectivity index (χ0n) is 13.8. The van der Waals surface area contributed by atoms with Crippen molar-refractivity contribution < 1.29 is 9.53 Å². The first kappa shape index (κ1) is 17.7. The standard InChI is InChI=1S/C18H18ClN3O2S/c1-2-22-8-7-14-15(9-20)18(25-16(14)10-22)21-17(23)11-24-13-5-3-12(19)4-6-13/h3-6H,2,7-8,10-11H2,1H3,(H,21,23). The fourth-order valence-corrected chi connectivity index (χ4v) is 4.16. The van der Waals surface area contributed by atoms with Gasteiger partial charge in [-0.2, -0.15) is 5.26 Å². The number of halogens is 1. The average molecular weight is 376 g/mol. The summed E-state index contributed by atoms with van der Waals surface area (Å²) in [5.74, 6) is 0.293. The molecule has 0 bridgehead atoms. The highest BCUT2D eigenvalue weighted by Crippen LogP contribution is 2.36. The minimum absolute atomic E-state index is 0.115. The molecule has 1 amide bonds. The number of likely N-dealkylation sites (N-methyl/N-ethyl adjacent to an activating group) is 1. The summed E-state index contributed by atoms with van der Waals surface area (Å²) in [6.07, 6.45) is 0.847. The average Bonchev–Trinajstić information content (AvgIpc) is 2.97. The van der Waals surface area contributed by atoms with E-state index in [1.165, 1.54) is 16.2 Å². The van der Waals surface area contributed by atoms with E-state index in [4.69, 9.17) is 16.3 Å². The SMILES string of the molecule is CCN1CCc2c(sc(NC(=O)COc3ccc(Cl)cc3)c2C#N)C1. The molecule has 1 N–H and O–H groups in total. The summed E-state index contributed by atoms with van der Waals surface area (Å²) in [6.45, 7) is 4.77. The Labute approximate surface area is 155 Å². The van der Waals surface area contributed by atoms with Gasteiger partial charge in [0.25, 0.3) is 5.91 Å². The van der Waals surface area contributed by atoms with Crippen molar-refractivity contribution in [3.05, 3.63) is 45.3 Å². The molecule has 1 aliphatic heterocycles. The second-order valence-electron chi connectivity index (χ2n) is 5.73. The molecule has 7 heteroatoms. The number of thiophene rings is 1. The van der Waals surface area contributed by atoms with E-state index in [2.05, 4.69) is 23.2 Å². The van der Waals surface area contributed by atoms with E-state index >= 15 is 0 Å². The van der Waals surface area contributed by atoms with Gasteiger partial charge < -0.3 is 10.1 Å². The maximum atomic E-state index is 12.2. The summed E-state index contributed by atoms with van der Waals surface area (Å²) in [5, 5.41) is 13.5. The van der Waals surface area contributed by atoms with Gasteiger partial charge in [-0.3, -0.25) is 9.69 Å². The summed E-state index contributed by atoms with van der Waals surface area (Å²) < 4.78 is 5.45. The van der Waals surface area contributed by atoms with E-state index in [1.54, 1.807) is 24.3 Å². The van der Waals surface area contributed by atoms with Crippen molar-refractivity contribution in [3.8, 4) is 11.8 Å². The number of carbonyl (C=O) groups is 1. The zero-order valence-corrected chi connectivity index (χ0v) is 15.4. The molecule has 3 rings (SSSR count). The van der Waals surface area contributed by atoms with Crippen LogP contribution in [0.1, 0.15) is 22.9 Å². The molecule has 0 fully saturated rings. The third-order valence-corrected chi connectivity index (χ3v) is 5.52. The molecule has 0 radical (unpaired) electrons. The van der Waals surface area contributed by atoms with Gasteiger partial charge >= 0.3 is 0 Å². The van der Waals surface area contributed by atoms with Crippen molar-refractivity contribution in [2.75, 3.05) is 25.0 Å². The molecule has 25 heavy (non-hydrogen) atoms. The van der Waals surface area contributed by atoms with Crippen LogP contribution in [0.25, 0.3) is 0 Å². The highest BCUT2D eigenvalue weighted by molar-refractivity contribution is 7.16. The Morgan fingerprint density at radius 2 is 2.20 bits per heavy atom.